The van der Waals surface area contributed by atoms with Gasteiger partial charge in [0.1, 0.15) is 0 Å². The van der Waals surface area contributed by atoms with Crippen molar-refractivity contribution in [2.24, 2.45) is 0 Å². The third kappa shape index (κ3) is 3.91. The molecule has 0 radical (unpaired) electrons. The zero-order valence-electron chi connectivity index (χ0n) is 15.5. The van der Waals surface area contributed by atoms with Crippen molar-refractivity contribution in [1.82, 2.24) is 0 Å². The molecular weight excluding hydrogens is 359 g/mol. The Labute approximate surface area is 166 Å². The van der Waals surface area contributed by atoms with Gasteiger partial charge in [0.15, 0.2) is 7.14 Å². The summed E-state index contributed by atoms with van der Waals surface area (Å²) >= 11 is 0. The Morgan fingerprint density at radius 3 is 1.43 bits per heavy atom. The van der Waals surface area contributed by atoms with Crippen LogP contribution in [0.2, 0.25) is 0 Å². The molecule has 4 aromatic rings. The zero-order chi connectivity index (χ0) is 19.2. The van der Waals surface area contributed by atoms with Crippen LogP contribution in [0.5, 0.6) is 0 Å². The number of hydrogen-bond donors (Lipinski definition) is 0. The summed E-state index contributed by atoms with van der Waals surface area (Å²) in [6.07, 6.45) is 1.97. The van der Waals surface area contributed by atoms with E-state index in [0.717, 1.165) is 16.2 Å². The molecule has 0 aliphatic heterocycles. The van der Waals surface area contributed by atoms with Crippen LogP contribution in [-0.2, 0) is 4.57 Å². The lowest BCUT2D eigenvalue weighted by atomic mass is 10.0. The van der Waals surface area contributed by atoms with Crippen molar-refractivity contribution in [3.05, 3.63) is 127 Å². The SMILES string of the molecule is O=P(/C=C\c1ccc(-c2ccccc2)cc1)(c1ccccc1)c1ccccc1. The fourth-order valence-electron chi connectivity index (χ4n) is 3.23. The fourth-order valence-corrected chi connectivity index (χ4v) is 5.48. The van der Waals surface area contributed by atoms with E-state index in [0.29, 0.717) is 0 Å². The van der Waals surface area contributed by atoms with Crippen molar-refractivity contribution in [2.45, 2.75) is 0 Å². The largest absolute Gasteiger partial charge is 0.309 e. The average molecular weight is 380 g/mol. The molecule has 4 rings (SSSR count). The van der Waals surface area contributed by atoms with Crippen LogP contribution in [0.1, 0.15) is 5.56 Å². The van der Waals surface area contributed by atoms with E-state index in [1.165, 1.54) is 11.1 Å². The van der Waals surface area contributed by atoms with Gasteiger partial charge in [-0.25, -0.2) is 0 Å². The molecule has 0 aromatic heterocycles. The maximum absolute atomic E-state index is 14.0. The zero-order valence-corrected chi connectivity index (χ0v) is 16.4. The Kier molecular flexibility index (Phi) is 5.37. The van der Waals surface area contributed by atoms with Gasteiger partial charge in [-0.05, 0) is 22.5 Å². The van der Waals surface area contributed by atoms with E-state index in [1.54, 1.807) is 0 Å². The van der Waals surface area contributed by atoms with Gasteiger partial charge >= 0.3 is 0 Å². The predicted octanol–water partition coefficient (Wildman–Crippen LogP) is 6.34. The Balaban J connectivity index is 1.68. The molecule has 0 saturated heterocycles. The van der Waals surface area contributed by atoms with Crippen LogP contribution >= 0.6 is 7.14 Å². The number of benzene rings is 4. The molecule has 0 spiro atoms. The first-order valence-corrected chi connectivity index (χ1v) is 11.1. The van der Waals surface area contributed by atoms with Gasteiger partial charge in [-0.2, -0.15) is 0 Å². The standard InChI is InChI=1S/C26H21OP/c27-28(25-12-6-2-7-13-25,26-14-8-3-9-15-26)21-20-22-16-18-24(19-17-22)23-10-4-1-5-11-23/h1-21H/b21-20-. The van der Waals surface area contributed by atoms with Gasteiger partial charge in [-0.3, -0.25) is 0 Å². The minimum Gasteiger partial charge on any atom is -0.309 e. The molecule has 136 valence electrons. The number of rotatable bonds is 5. The lowest BCUT2D eigenvalue weighted by Gasteiger charge is -2.15. The summed E-state index contributed by atoms with van der Waals surface area (Å²) in [7, 11) is -2.84. The molecule has 1 nitrogen and oxygen atoms in total. The summed E-state index contributed by atoms with van der Waals surface area (Å²) < 4.78 is 14.0. The molecule has 0 N–H and O–H groups in total. The van der Waals surface area contributed by atoms with Crippen LogP contribution < -0.4 is 10.6 Å². The number of hydrogen-bond acceptors (Lipinski definition) is 1. The molecule has 28 heavy (non-hydrogen) atoms. The molecule has 0 unspecified atom stereocenters. The highest BCUT2D eigenvalue weighted by Crippen LogP contribution is 2.45. The highest BCUT2D eigenvalue weighted by Gasteiger charge is 2.23. The first-order chi connectivity index (χ1) is 13.8. The summed E-state index contributed by atoms with van der Waals surface area (Å²) in [5, 5.41) is 1.69. The summed E-state index contributed by atoms with van der Waals surface area (Å²) in [4.78, 5) is 0. The van der Waals surface area contributed by atoms with Crippen LogP contribution in [0.15, 0.2) is 121 Å². The third-order valence-corrected chi connectivity index (χ3v) is 7.47. The van der Waals surface area contributed by atoms with E-state index < -0.39 is 7.14 Å². The van der Waals surface area contributed by atoms with Crippen molar-refractivity contribution >= 4 is 23.8 Å². The van der Waals surface area contributed by atoms with E-state index in [1.807, 2.05) is 90.8 Å². The molecule has 2 heteroatoms. The minimum atomic E-state index is -2.84. The smallest absolute Gasteiger partial charge is 0.164 e. The van der Waals surface area contributed by atoms with E-state index in [4.69, 9.17) is 0 Å². The van der Waals surface area contributed by atoms with E-state index in [9.17, 15) is 4.57 Å². The predicted molar refractivity (Wildman–Crippen MR) is 121 cm³/mol. The molecule has 0 aliphatic rings. The van der Waals surface area contributed by atoms with Gasteiger partial charge in [0.25, 0.3) is 0 Å². The molecule has 0 atom stereocenters. The lowest BCUT2D eigenvalue weighted by molar-refractivity contribution is 0.592. The quantitative estimate of drug-likeness (QED) is 0.369. The van der Waals surface area contributed by atoms with Crippen LogP contribution in [0.25, 0.3) is 17.2 Å². The van der Waals surface area contributed by atoms with Crippen molar-refractivity contribution in [3.8, 4) is 11.1 Å². The molecule has 4 aromatic carbocycles. The molecular formula is C26H21OP. The van der Waals surface area contributed by atoms with Crippen molar-refractivity contribution in [2.75, 3.05) is 0 Å². The van der Waals surface area contributed by atoms with Gasteiger partial charge < -0.3 is 4.57 Å². The lowest BCUT2D eigenvalue weighted by Crippen LogP contribution is -2.13. The summed E-state index contributed by atoms with van der Waals surface area (Å²) in [5.74, 6) is 1.87. The van der Waals surface area contributed by atoms with Crippen LogP contribution in [0, 0.1) is 0 Å². The maximum Gasteiger partial charge on any atom is 0.164 e. The summed E-state index contributed by atoms with van der Waals surface area (Å²) in [6, 6.07) is 38.1. The Morgan fingerprint density at radius 1 is 0.500 bits per heavy atom. The Morgan fingerprint density at radius 2 is 0.929 bits per heavy atom. The normalized spacial score (nSPS) is 11.6. The molecule has 0 aliphatic carbocycles. The molecule has 0 saturated carbocycles. The summed E-state index contributed by atoms with van der Waals surface area (Å²) in [6.45, 7) is 0. The van der Waals surface area contributed by atoms with Crippen LogP contribution in [0.4, 0.5) is 0 Å². The van der Waals surface area contributed by atoms with Gasteiger partial charge in [0.2, 0.25) is 0 Å². The second-order valence-corrected chi connectivity index (χ2v) is 9.28. The van der Waals surface area contributed by atoms with Gasteiger partial charge in [-0.15, -0.1) is 0 Å². The van der Waals surface area contributed by atoms with Gasteiger partial charge in [-0.1, -0.05) is 121 Å². The maximum atomic E-state index is 14.0. The topological polar surface area (TPSA) is 17.1 Å². The van der Waals surface area contributed by atoms with Crippen molar-refractivity contribution in [1.29, 1.82) is 0 Å². The Bertz CT molecular complexity index is 1060. The highest BCUT2D eigenvalue weighted by atomic mass is 31.2. The first-order valence-electron chi connectivity index (χ1n) is 9.31. The average Bonchev–Trinajstić information content (AvgIpc) is 2.79. The van der Waals surface area contributed by atoms with Crippen molar-refractivity contribution < 1.29 is 4.57 Å². The third-order valence-electron chi connectivity index (χ3n) is 4.77. The fraction of sp³-hybridized carbons (Fsp3) is 0. The second-order valence-electron chi connectivity index (χ2n) is 6.63. The summed E-state index contributed by atoms with van der Waals surface area (Å²) in [5.41, 5.74) is 3.40. The van der Waals surface area contributed by atoms with Gasteiger partial charge in [0.05, 0.1) is 0 Å². The molecule has 0 amide bonds. The van der Waals surface area contributed by atoms with Crippen molar-refractivity contribution in [3.63, 3.8) is 0 Å². The van der Waals surface area contributed by atoms with Crippen LogP contribution in [0.3, 0.4) is 0 Å². The minimum absolute atomic E-state index is 0.846. The van der Waals surface area contributed by atoms with E-state index in [2.05, 4.69) is 36.4 Å². The van der Waals surface area contributed by atoms with E-state index >= 15 is 0 Å². The van der Waals surface area contributed by atoms with E-state index in [-0.39, 0.29) is 0 Å². The first kappa shape index (κ1) is 18.2. The monoisotopic (exact) mass is 380 g/mol. The van der Waals surface area contributed by atoms with Crippen LogP contribution in [-0.4, -0.2) is 0 Å². The molecule has 0 heterocycles. The highest BCUT2D eigenvalue weighted by molar-refractivity contribution is 7.81. The Hall–Kier alpha value is -3.15. The second kappa shape index (κ2) is 8.25. The molecule has 0 fully saturated rings. The van der Waals surface area contributed by atoms with Gasteiger partial charge in [0, 0.05) is 10.6 Å². The molecule has 0 bridgehead atoms.